The minimum absolute atomic E-state index is 0.359. The van der Waals surface area contributed by atoms with Crippen molar-refractivity contribution in [3.63, 3.8) is 0 Å². The van der Waals surface area contributed by atoms with Crippen LogP contribution in [0.15, 0.2) is 47.1 Å². The molecule has 4 heteroatoms. The van der Waals surface area contributed by atoms with Gasteiger partial charge in [-0.2, -0.15) is 0 Å². The van der Waals surface area contributed by atoms with Crippen LogP contribution in [0.5, 0.6) is 0 Å². The van der Waals surface area contributed by atoms with Crippen molar-refractivity contribution in [2.45, 2.75) is 0 Å². The summed E-state index contributed by atoms with van der Waals surface area (Å²) in [7, 11) is 1.37. The molecule has 17 heavy (non-hydrogen) atoms. The Hall–Kier alpha value is -1.68. The molecule has 0 radical (unpaired) electrons. The quantitative estimate of drug-likeness (QED) is 0.797. The van der Waals surface area contributed by atoms with Gasteiger partial charge >= 0.3 is 5.97 Å². The van der Waals surface area contributed by atoms with E-state index in [1.54, 1.807) is 18.3 Å². The summed E-state index contributed by atoms with van der Waals surface area (Å²) < 4.78 is 5.67. The smallest absolute Gasteiger partial charge is 0.338 e. The summed E-state index contributed by atoms with van der Waals surface area (Å²) in [5.74, 6) is -0.359. The summed E-state index contributed by atoms with van der Waals surface area (Å²) in [4.78, 5) is 15.9. The lowest BCUT2D eigenvalue weighted by Crippen LogP contribution is -2.03. The summed E-state index contributed by atoms with van der Waals surface area (Å²) in [5.41, 5.74) is 2.02. The number of aromatic nitrogens is 1. The number of methoxy groups -OCH3 is 1. The molecule has 3 nitrogen and oxygen atoms in total. The van der Waals surface area contributed by atoms with E-state index in [0.717, 1.165) is 15.7 Å². The van der Waals surface area contributed by atoms with E-state index < -0.39 is 0 Å². The maximum atomic E-state index is 11.6. The van der Waals surface area contributed by atoms with E-state index in [0.29, 0.717) is 5.56 Å². The molecule has 0 saturated heterocycles. The first-order valence-corrected chi connectivity index (χ1v) is 5.81. The molecule has 0 amide bonds. The zero-order chi connectivity index (χ0) is 12.3. The third kappa shape index (κ3) is 2.53. The van der Waals surface area contributed by atoms with E-state index in [1.807, 2.05) is 24.3 Å². The molecule has 0 N–H and O–H groups in total. The maximum Gasteiger partial charge on any atom is 0.338 e. The minimum atomic E-state index is -0.359. The van der Waals surface area contributed by atoms with Crippen LogP contribution in [0.2, 0.25) is 0 Å². The molecule has 86 valence electrons. The highest BCUT2D eigenvalue weighted by Crippen LogP contribution is 2.24. The fourth-order valence-corrected chi connectivity index (χ4v) is 1.88. The predicted molar refractivity (Wildman–Crippen MR) is 68.7 cm³/mol. The Bertz CT molecular complexity index is 555. The van der Waals surface area contributed by atoms with E-state index >= 15 is 0 Å². The molecule has 0 aliphatic carbocycles. The lowest BCUT2D eigenvalue weighted by molar-refractivity contribution is 0.0601. The second-order valence-corrected chi connectivity index (χ2v) is 4.31. The number of esters is 1. The number of hydrogen-bond donors (Lipinski definition) is 0. The van der Waals surface area contributed by atoms with Crippen LogP contribution in [-0.4, -0.2) is 18.1 Å². The monoisotopic (exact) mass is 291 g/mol. The molecule has 1 aromatic carbocycles. The highest BCUT2D eigenvalue weighted by molar-refractivity contribution is 9.10. The molecule has 0 atom stereocenters. The van der Waals surface area contributed by atoms with Crippen molar-refractivity contribution in [3.8, 4) is 11.3 Å². The van der Waals surface area contributed by atoms with Crippen LogP contribution in [0.1, 0.15) is 10.4 Å². The maximum absolute atomic E-state index is 11.6. The molecule has 1 aromatic heterocycles. The number of halogens is 1. The average Bonchev–Trinajstić information content (AvgIpc) is 2.38. The van der Waals surface area contributed by atoms with Crippen LogP contribution < -0.4 is 0 Å². The number of pyridine rings is 1. The Kier molecular flexibility index (Phi) is 3.54. The van der Waals surface area contributed by atoms with Crippen LogP contribution >= 0.6 is 15.9 Å². The standard InChI is InChI=1S/C13H10BrNO2/c1-17-13(16)11-5-3-2-4-10(11)12-8-9(14)6-7-15-12/h2-8H,1H3. The predicted octanol–water partition coefficient (Wildman–Crippen LogP) is 3.30. The number of carbonyl (C=O) groups excluding carboxylic acids is 1. The molecule has 0 saturated carbocycles. The second-order valence-electron chi connectivity index (χ2n) is 3.40. The summed E-state index contributed by atoms with van der Waals surface area (Å²) in [6, 6.07) is 10.9. The fourth-order valence-electron chi connectivity index (χ4n) is 1.55. The fraction of sp³-hybridized carbons (Fsp3) is 0.0769. The molecule has 0 aliphatic rings. The molecular weight excluding hydrogens is 282 g/mol. The van der Waals surface area contributed by atoms with Gasteiger partial charge in [-0.25, -0.2) is 4.79 Å². The van der Waals surface area contributed by atoms with Gasteiger partial charge in [0, 0.05) is 16.2 Å². The molecule has 2 rings (SSSR count). The summed E-state index contributed by atoms with van der Waals surface area (Å²) in [6.07, 6.45) is 1.69. The van der Waals surface area contributed by atoms with Gasteiger partial charge < -0.3 is 4.74 Å². The highest BCUT2D eigenvalue weighted by atomic mass is 79.9. The SMILES string of the molecule is COC(=O)c1ccccc1-c1cc(Br)ccn1. The number of rotatable bonds is 2. The Morgan fingerprint density at radius 1 is 1.29 bits per heavy atom. The Morgan fingerprint density at radius 2 is 2.06 bits per heavy atom. The number of carbonyl (C=O) groups is 1. The summed E-state index contributed by atoms with van der Waals surface area (Å²) in [5, 5.41) is 0. The molecule has 1 heterocycles. The van der Waals surface area contributed by atoms with Crippen molar-refractivity contribution in [2.24, 2.45) is 0 Å². The molecular formula is C13H10BrNO2. The van der Waals surface area contributed by atoms with Crippen molar-refractivity contribution in [1.29, 1.82) is 0 Å². The first-order chi connectivity index (χ1) is 8.22. The summed E-state index contributed by atoms with van der Waals surface area (Å²) in [6.45, 7) is 0. The first kappa shape index (κ1) is 11.8. The topological polar surface area (TPSA) is 39.2 Å². The first-order valence-electron chi connectivity index (χ1n) is 5.01. The van der Waals surface area contributed by atoms with Gasteiger partial charge in [0.05, 0.1) is 18.4 Å². The average molecular weight is 292 g/mol. The van der Waals surface area contributed by atoms with Crippen molar-refractivity contribution in [3.05, 3.63) is 52.6 Å². The van der Waals surface area contributed by atoms with E-state index in [9.17, 15) is 4.79 Å². The van der Waals surface area contributed by atoms with Gasteiger partial charge in [0.15, 0.2) is 0 Å². The lowest BCUT2D eigenvalue weighted by Gasteiger charge is -2.07. The van der Waals surface area contributed by atoms with E-state index in [4.69, 9.17) is 4.74 Å². The molecule has 0 spiro atoms. The minimum Gasteiger partial charge on any atom is -0.465 e. The highest BCUT2D eigenvalue weighted by Gasteiger charge is 2.13. The normalized spacial score (nSPS) is 10.0. The van der Waals surface area contributed by atoms with Crippen LogP contribution in [0.4, 0.5) is 0 Å². The van der Waals surface area contributed by atoms with Gasteiger partial charge in [-0.3, -0.25) is 4.98 Å². The number of nitrogens with zero attached hydrogens (tertiary/aromatic N) is 1. The Labute approximate surface area is 108 Å². The molecule has 0 unspecified atom stereocenters. The van der Waals surface area contributed by atoms with Crippen LogP contribution in [0.3, 0.4) is 0 Å². The number of ether oxygens (including phenoxy) is 1. The largest absolute Gasteiger partial charge is 0.465 e. The Morgan fingerprint density at radius 3 is 2.76 bits per heavy atom. The number of hydrogen-bond acceptors (Lipinski definition) is 3. The third-order valence-corrected chi connectivity index (χ3v) is 2.82. The Balaban J connectivity index is 2.55. The van der Waals surface area contributed by atoms with Crippen LogP contribution in [0.25, 0.3) is 11.3 Å². The van der Waals surface area contributed by atoms with E-state index in [2.05, 4.69) is 20.9 Å². The van der Waals surface area contributed by atoms with Crippen molar-refractivity contribution >= 4 is 21.9 Å². The van der Waals surface area contributed by atoms with Crippen molar-refractivity contribution in [2.75, 3.05) is 7.11 Å². The van der Waals surface area contributed by atoms with Gasteiger partial charge in [-0.05, 0) is 18.2 Å². The molecule has 0 bridgehead atoms. The van der Waals surface area contributed by atoms with E-state index in [1.165, 1.54) is 7.11 Å². The van der Waals surface area contributed by atoms with Gasteiger partial charge in [-0.15, -0.1) is 0 Å². The summed E-state index contributed by atoms with van der Waals surface area (Å²) >= 11 is 3.38. The molecule has 0 aliphatic heterocycles. The van der Waals surface area contributed by atoms with Crippen LogP contribution in [-0.2, 0) is 4.74 Å². The van der Waals surface area contributed by atoms with Gasteiger partial charge in [0.1, 0.15) is 0 Å². The van der Waals surface area contributed by atoms with Crippen molar-refractivity contribution < 1.29 is 9.53 Å². The number of benzene rings is 1. The van der Waals surface area contributed by atoms with Crippen LogP contribution in [0, 0.1) is 0 Å². The zero-order valence-corrected chi connectivity index (χ0v) is 10.8. The van der Waals surface area contributed by atoms with E-state index in [-0.39, 0.29) is 5.97 Å². The van der Waals surface area contributed by atoms with Gasteiger partial charge in [0.2, 0.25) is 0 Å². The second kappa shape index (κ2) is 5.10. The third-order valence-electron chi connectivity index (χ3n) is 2.33. The molecule has 0 fully saturated rings. The van der Waals surface area contributed by atoms with Gasteiger partial charge in [-0.1, -0.05) is 34.1 Å². The zero-order valence-electron chi connectivity index (χ0n) is 9.18. The van der Waals surface area contributed by atoms with Crippen molar-refractivity contribution in [1.82, 2.24) is 4.98 Å². The lowest BCUT2D eigenvalue weighted by atomic mass is 10.0. The van der Waals surface area contributed by atoms with Gasteiger partial charge in [0.25, 0.3) is 0 Å². The molecule has 2 aromatic rings.